The van der Waals surface area contributed by atoms with Crippen LogP contribution in [0.4, 0.5) is 0 Å². The molecule has 1 heteroatoms. The molecule has 9 aromatic rings. The topological polar surface area (TPSA) is 4.93 Å². The van der Waals surface area contributed by atoms with Gasteiger partial charge in [-0.05, 0) is 165 Å². The Kier molecular flexibility index (Phi) is 8.64. The molecule has 0 saturated heterocycles. The third-order valence-corrected chi connectivity index (χ3v) is 13.1. The van der Waals surface area contributed by atoms with E-state index in [1.165, 1.54) is 115 Å². The Labute approximate surface area is 352 Å². The van der Waals surface area contributed by atoms with Gasteiger partial charge in [-0.25, -0.2) is 0 Å². The van der Waals surface area contributed by atoms with Gasteiger partial charge in [0.15, 0.2) is 0 Å². The van der Waals surface area contributed by atoms with Gasteiger partial charge in [-0.15, -0.1) is 0 Å². The van der Waals surface area contributed by atoms with Crippen molar-refractivity contribution >= 4 is 64.8 Å². The van der Waals surface area contributed by atoms with E-state index in [1.54, 1.807) is 0 Å². The molecule has 0 saturated carbocycles. The molecule has 8 aromatic carbocycles. The number of fused-ring (bicyclic) bond motifs is 6. The lowest BCUT2D eigenvalue weighted by Crippen LogP contribution is -2.18. The predicted octanol–water partition coefficient (Wildman–Crippen LogP) is 16.9. The molecule has 0 bridgehead atoms. The van der Waals surface area contributed by atoms with Gasteiger partial charge in [0.05, 0.1) is 5.52 Å². The molecule has 0 radical (unpaired) electrons. The summed E-state index contributed by atoms with van der Waals surface area (Å²) in [6.45, 7) is 33.2. The molecule has 0 amide bonds. The fraction of sp³-hybridized carbons (Fsp3) is 0.310. The number of nitrogens with zero attached hydrogens (tertiary/aromatic N) is 1. The fourth-order valence-corrected chi connectivity index (χ4v) is 10.7. The van der Waals surface area contributed by atoms with Crippen molar-refractivity contribution in [3.63, 3.8) is 0 Å². The predicted molar refractivity (Wildman–Crippen MR) is 261 cm³/mol. The van der Waals surface area contributed by atoms with Crippen molar-refractivity contribution in [3.05, 3.63) is 149 Å². The molecule has 1 nitrogen and oxygen atoms in total. The summed E-state index contributed by atoms with van der Waals surface area (Å²) in [4.78, 5) is 0. The second-order valence-electron chi connectivity index (χ2n) is 21.6. The summed E-state index contributed by atoms with van der Waals surface area (Å²) in [5.74, 6) is 0. The van der Waals surface area contributed by atoms with E-state index >= 15 is 0 Å². The van der Waals surface area contributed by atoms with Gasteiger partial charge in [0.2, 0.25) is 0 Å². The van der Waals surface area contributed by atoms with Crippen molar-refractivity contribution in [1.29, 1.82) is 0 Å². The largest absolute Gasteiger partial charge is 0.314 e. The first-order valence-corrected chi connectivity index (χ1v) is 21.7. The maximum absolute atomic E-state index is 2.55. The molecule has 0 aliphatic rings. The zero-order chi connectivity index (χ0) is 42.1. The lowest BCUT2D eigenvalue weighted by atomic mass is 9.73. The van der Waals surface area contributed by atoms with Crippen molar-refractivity contribution in [2.75, 3.05) is 0 Å². The maximum Gasteiger partial charge on any atom is 0.0540 e. The molecule has 0 atom stereocenters. The van der Waals surface area contributed by atoms with Gasteiger partial charge in [-0.2, -0.15) is 0 Å². The SMILES string of the molecule is Cc1c(C)n(-c2ccc3c(C(C)(C)C)c4ccccc4c(C(C)(C)C)c3c2)c2cc3c(C(C)(C)C)c4ccc(-c5ccc6ccccc6c5)cc4c(C(C)(C)C)c3cc12. The Balaban J connectivity index is 1.37. The van der Waals surface area contributed by atoms with Crippen LogP contribution < -0.4 is 0 Å². The van der Waals surface area contributed by atoms with Gasteiger partial charge >= 0.3 is 0 Å². The third-order valence-electron chi connectivity index (χ3n) is 13.1. The Morgan fingerprint density at radius 1 is 0.339 bits per heavy atom. The molecular weight excluding hydrogens is 711 g/mol. The van der Waals surface area contributed by atoms with Crippen LogP contribution in [0.2, 0.25) is 0 Å². The number of aryl methyl sites for hydroxylation is 1. The molecule has 0 aliphatic heterocycles. The van der Waals surface area contributed by atoms with Crippen LogP contribution in [0.25, 0.3) is 81.6 Å². The minimum absolute atomic E-state index is 0.0194. The minimum Gasteiger partial charge on any atom is -0.314 e. The highest BCUT2D eigenvalue weighted by atomic mass is 15.0. The average molecular weight is 772 g/mol. The fourth-order valence-electron chi connectivity index (χ4n) is 10.7. The third kappa shape index (κ3) is 6.18. The molecule has 0 spiro atoms. The first-order valence-electron chi connectivity index (χ1n) is 21.7. The standard InChI is InChI=1S/C58H61N/c1-34-35(2)59(40-26-28-44-47(31-40)52(56(6,7)8)42-22-18-17-21-41(42)51(44)55(3,4)5)50-33-49-48(32-45(34)50)54(58(12,13)14)46-30-39(25-27-43(46)53(49)57(9,10)11)38-24-23-36-19-15-16-20-37(36)29-38/h15-33H,1-14H3. The molecule has 59 heavy (non-hydrogen) atoms. The summed E-state index contributed by atoms with van der Waals surface area (Å²) in [6.07, 6.45) is 0. The number of benzene rings is 8. The molecule has 0 aliphatic carbocycles. The molecular formula is C58H61N. The van der Waals surface area contributed by atoms with Crippen LogP contribution in [0.3, 0.4) is 0 Å². The van der Waals surface area contributed by atoms with Crippen LogP contribution >= 0.6 is 0 Å². The van der Waals surface area contributed by atoms with Crippen LogP contribution in [0.15, 0.2) is 115 Å². The second-order valence-corrected chi connectivity index (χ2v) is 21.6. The highest BCUT2D eigenvalue weighted by Gasteiger charge is 2.31. The van der Waals surface area contributed by atoms with E-state index in [0.29, 0.717) is 0 Å². The normalized spacial score (nSPS) is 13.3. The van der Waals surface area contributed by atoms with E-state index in [2.05, 4.69) is 217 Å². The molecule has 1 heterocycles. The first kappa shape index (κ1) is 39.1. The van der Waals surface area contributed by atoms with Crippen molar-refractivity contribution in [1.82, 2.24) is 4.57 Å². The van der Waals surface area contributed by atoms with Crippen molar-refractivity contribution in [2.24, 2.45) is 0 Å². The van der Waals surface area contributed by atoms with E-state index in [4.69, 9.17) is 0 Å². The minimum atomic E-state index is -0.0957. The van der Waals surface area contributed by atoms with E-state index in [1.807, 2.05) is 0 Å². The van der Waals surface area contributed by atoms with Crippen LogP contribution in [-0.4, -0.2) is 4.57 Å². The van der Waals surface area contributed by atoms with Gasteiger partial charge in [-0.3, -0.25) is 0 Å². The van der Waals surface area contributed by atoms with E-state index in [0.717, 1.165) is 0 Å². The quantitative estimate of drug-likeness (QED) is 0.154. The van der Waals surface area contributed by atoms with Gasteiger partial charge in [0.25, 0.3) is 0 Å². The number of rotatable bonds is 2. The smallest absolute Gasteiger partial charge is 0.0540 e. The van der Waals surface area contributed by atoms with Gasteiger partial charge < -0.3 is 4.57 Å². The molecule has 1 aromatic heterocycles. The monoisotopic (exact) mass is 771 g/mol. The zero-order valence-corrected chi connectivity index (χ0v) is 37.9. The highest BCUT2D eigenvalue weighted by molar-refractivity contribution is 6.13. The van der Waals surface area contributed by atoms with Crippen molar-refractivity contribution in [3.8, 4) is 16.8 Å². The Hall–Kier alpha value is -5.40. The van der Waals surface area contributed by atoms with Gasteiger partial charge in [-0.1, -0.05) is 162 Å². The maximum atomic E-state index is 2.55. The molecule has 0 unspecified atom stereocenters. The average Bonchev–Trinajstić information content (AvgIpc) is 3.39. The van der Waals surface area contributed by atoms with Crippen LogP contribution in [0, 0.1) is 13.8 Å². The van der Waals surface area contributed by atoms with E-state index in [9.17, 15) is 0 Å². The van der Waals surface area contributed by atoms with E-state index in [-0.39, 0.29) is 21.7 Å². The second kappa shape index (κ2) is 13.0. The van der Waals surface area contributed by atoms with Gasteiger partial charge in [0, 0.05) is 16.8 Å². The Bertz CT molecular complexity index is 3190. The number of hydrogen-bond donors (Lipinski definition) is 0. The lowest BCUT2D eigenvalue weighted by molar-refractivity contribution is 0.593. The first-order chi connectivity index (χ1) is 27.6. The zero-order valence-electron chi connectivity index (χ0n) is 37.9. The summed E-state index contributed by atoms with van der Waals surface area (Å²) in [6, 6.07) is 44.3. The van der Waals surface area contributed by atoms with Crippen molar-refractivity contribution < 1.29 is 0 Å². The molecule has 9 rings (SSSR count). The lowest BCUT2D eigenvalue weighted by Gasteiger charge is -2.31. The Morgan fingerprint density at radius 2 is 0.763 bits per heavy atom. The van der Waals surface area contributed by atoms with Crippen LogP contribution in [0.5, 0.6) is 0 Å². The molecule has 0 N–H and O–H groups in total. The van der Waals surface area contributed by atoms with Crippen molar-refractivity contribution in [2.45, 2.75) is 119 Å². The molecule has 298 valence electrons. The van der Waals surface area contributed by atoms with Gasteiger partial charge in [0.1, 0.15) is 0 Å². The highest BCUT2D eigenvalue weighted by Crippen LogP contribution is 2.48. The summed E-state index contributed by atoms with van der Waals surface area (Å²) in [7, 11) is 0. The summed E-state index contributed by atoms with van der Waals surface area (Å²) >= 11 is 0. The van der Waals surface area contributed by atoms with Crippen LogP contribution in [0.1, 0.15) is 117 Å². The van der Waals surface area contributed by atoms with Crippen LogP contribution in [-0.2, 0) is 21.7 Å². The summed E-state index contributed by atoms with van der Waals surface area (Å²) < 4.78 is 2.55. The Morgan fingerprint density at radius 3 is 1.36 bits per heavy atom. The summed E-state index contributed by atoms with van der Waals surface area (Å²) in [5.41, 5.74) is 13.1. The number of aromatic nitrogens is 1. The number of hydrogen-bond acceptors (Lipinski definition) is 0. The molecule has 0 fully saturated rings. The summed E-state index contributed by atoms with van der Waals surface area (Å²) in [5, 5.41) is 14.8. The van der Waals surface area contributed by atoms with E-state index < -0.39 is 0 Å².